The number of benzene rings is 1. The molecule has 0 atom stereocenters. The van der Waals surface area contributed by atoms with E-state index >= 15 is 0 Å². The Balaban J connectivity index is 2.26. The molecule has 3 rings (SSSR count). The third kappa shape index (κ3) is 2.09. The average Bonchev–Trinajstić information content (AvgIpc) is 2.88. The molecule has 0 bridgehead atoms. The first kappa shape index (κ1) is 13.8. The summed E-state index contributed by atoms with van der Waals surface area (Å²) in [5.41, 5.74) is 1.48. The summed E-state index contributed by atoms with van der Waals surface area (Å²) in [6.07, 6.45) is 0. The molecule has 1 aromatic carbocycles. The van der Waals surface area contributed by atoms with Crippen LogP contribution in [-0.2, 0) is 18.6 Å². The van der Waals surface area contributed by atoms with Crippen molar-refractivity contribution in [3.05, 3.63) is 49.9 Å². The minimum Gasteiger partial charge on any atom is -0.296 e. The number of fused-ring (bicyclic) bond motifs is 1. The van der Waals surface area contributed by atoms with Gasteiger partial charge in [-0.1, -0.05) is 0 Å². The topological polar surface area (TPSA) is 34.9 Å². The van der Waals surface area contributed by atoms with E-state index in [0.717, 1.165) is 0 Å². The molecule has 104 valence electrons. The first-order chi connectivity index (χ1) is 9.49. The molecule has 0 aliphatic carbocycles. The van der Waals surface area contributed by atoms with E-state index in [1.807, 2.05) is 0 Å². The molecule has 2 heterocycles. The summed E-state index contributed by atoms with van der Waals surface area (Å²) in [6.45, 7) is 0. The molecule has 20 heavy (non-hydrogen) atoms. The average molecular weight is 359 g/mol. The molecule has 3 nitrogen and oxygen atoms in total. The highest BCUT2D eigenvalue weighted by Gasteiger charge is 2.21. The van der Waals surface area contributed by atoms with Crippen molar-refractivity contribution in [2.45, 2.75) is 11.5 Å². The van der Waals surface area contributed by atoms with Crippen LogP contribution in [0.4, 0.5) is 8.78 Å². The minimum absolute atomic E-state index is 0.154. The first-order valence-corrected chi connectivity index (χ1v) is 7.75. The Morgan fingerprint density at radius 2 is 1.95 bits per heavy atom. The van der Waals surface area contributed by atoms with E-state index < -0.39 is 11.6 Å². The number of hydrogen-bond acceptors (Lipinski definition) is 3. The van der Waals surface area contributed by atoms with Crippen LogP contribution in [0.3, 0.4) is 0 Å². The summed E-state index contributed by atoms with van der Waals surface area (Å²) in [5.74, 6) is 0.132. The van der Waals surface area contributed by atoms with Gasteiger partial charge in [0.05, 0.1) is 10.2 Å². The maximum absolute atomic E-state index is 13.6. The van der Waals surface area contributed by atoms with Gasteiger partial charge in [-0.05, 0) is 28.1 Å². The monoisotopic (exact) mass is 358 g/mol. The molecule has 0 spiro atoms. The van der Waals surface area contributed by atoms with Crippen LogP contribution >= 0.6 is 27.7 Å². The van der Waals surface area contributed by atoms with E-state index in [2.05, 4.69) is 20.9 Å². The zero-order chi connectivity index (χ0) is 14.4. The first-order valence-electron chi connectivity index (χ1n) is 5.80. The molecule has 0 saturated heterocycles. The van der Waals surface area contributed by atoms with Crippen molar-refractivity contribution in [3.63, 3.8) is 0 Å². The van der Waals surface area contributed by atoms with Crippen LogP contribution in [0.2, 0.25) is 0 Å². The van der Waals surface area contributed by atoms with Crippen molar-refractivity contribution >= 4 is 27.7 Å². The molecule has 0 fully saturated rings. The maximum atomic E-state index is 13.6. The number of halogens is 3. The van der Waals surface area contributed by atoms with Gasteiger partial charge >= 0.3 is 0 Å². The Labute approximate surface area is 126 Å². The van der Waals surface area contributed by atoms with Crippen molar-refractivity contribution in [3.8, 4) is 11.4 Å². The van der Waals surface area contributed by atoms with Gasteiger partial charge in [-0.25, -0.2) is 13.8 Å². The molecular weight excluding hydrogens is 350 g/mol. The fourth-order valence-electron chi connectivity index (χ4n) is 2.15. The largest absolute Gasteiger partial charge is 0.296 e. The van der Waals surface area contributed by atoms with Gasteiger partial charge in [0.2, 0.25) is 0 Å². The highest BCUT2D eigenvalue weighted by molar-refractivity contribution is 9.10. The third-order valence-corrected chi connectivity index (χ3v) is 4.92. The second-order valence-electron chi connectivity index (χ2n) is 4.47. The number of nitrogens with zero attached hydrogens (tertiary/aromatic N) is 2. The normalized spacial score (nSPS) is 13.6. The van der Waals surface area contributed by atoms with Gasteiger partial charge in [0.15, 0.2) is 0 Å². The Bertz CT molecular complexity index is 753. The maximum Gasteiger partial charge on any atom is 0.257 e. The molecule has 0 radical (unpaired) electrons. The molecule has 2 aromatic rings. The molecule has 0 N–H and O–H groups in total. The minimum atomic E-state index is -0.718. The van der Waals surface area contributed by atoms with Crippen molar-refractivity contribution < 1.29 is 8.78 Å². The zero-order valence-corrected chi connectivity index (χ0v) is 12.8. The SMILES string of the molecule is Cn1c(-c2cc(F)c(Br)c(F)c2)nc2c(c1=O)CSC2. The van der Waals surface area contributed by atoms with E-state index in [-0.39, 0.29) is 21.4 Å². The highest BCUT2D eigenvalue weighted by Crippen LogP contribution is 2.30. The van der Waals surface area contributed by atoms with E-state index in [1.165, 1.54) is 16.7 Å². The highest BCUT2D eigenvalue weighted by atomic mass is 79.9. The predicted octanol–water partition coefficient (Wildman–Crippen LogP) is 3.23. The lowest BCUT2D eigenvalue weighted by Gasteiger charge is -2.10. The van der Waals surface area contributed by atoms with Gasteiger partial charge in [-0.3, -0.25) is 9.36 Å². The number of thioether (sulfide) groups is 1. The van der Waals surface area contributed by atoms with Gasteiger partial charge in [0.25, 0.3) is 5.56 Å². The molecule has 1 aromatic heterocycles. The lowest BCUT2D eigenvalue weighted by Crippen LogP contribution is -2.24. The third-order valence-electron chi connectivity index (χ3n) is 3.20. The Morgan fingerprint density at radius 3 is 2.60 bits per heavy atom. The summed E-state index contributed by atoms with van der Waals surface area (Å²) < 4.78 is 28.4. The lowest BCUT2D eigenvalue weighted by atomic mass is 10.1. The van der Waals surface area contributed by atoms with Crippen LogP contribution in [-0.4, -0.2) is 9.55 Å². The quantitative estimate of drug-likeness (QED) is 0.734. The Hall–Kier alpha value is -1.21. The molecule has 1 aliphatic heterocycles. The van der Waals surface area contributed by atoms with Crippen molar-refractivity contribution in [1.82, 2.24) is 9.55 Å². The second-order valence-corrected chi connectivity index (χ2v) is 6.25. The lowest BCUT2D eigenvalue weighted by molar-refractivity contribution is 0.572. The van der Waals surface area contributed by atoms with Crippen LogP contribution in [0.1, 0.15) is 11.3 Å². The molecular formula is C13H9BrF2N2OS. The van der Waals surface area contributed by atoms with Gasteiger partial charge in [0, 0.05) is 29.7 Å². The van der Waals surface area contributed by atoms with Crippen LogP contribution in [0, 0.1) is 11.6 Å². The smallest absolute Gasteiger partial charge is 0.257 e. The predicted molar refractivity (Wildman–Crippen MR) is 77.5 cm³/mol. The standard InChI is InChI=1S/C13H9BrF2N2OS/c1-18-12(6-2-8(15)11(14)9(16)3-6)17-10-5-20-4-7(10)13(18)19/h2-3H,4-5H2,1H3. The van der Waals surface area contributed by atoms with E-state index in [0.29, 0.717) is 22.8 Å². The summed E-state index contributed by atoms with van der Waals surface area (Å²) >= 11 is 4.43. The summed E-state index contributed by atoms with van der Waals surface area (Å²) in [5, 5.41) is 0. The van der Waals surface area contributed by atoms with E-state index in [1.54, 1.807) is 18.8 Å². The number of aromatic nitrogens is 2. The second kappa shape index (κ2) is 4.96. The van der Waals surface area contributed by atoms with Gasteiger partial charge in [0.1, 0.15) is 17.5 Å². The number of rotatable bonds is 1. The van der Waals surface area contributed by atoms with E-state index in [9.17, 15) is 13.6 Å². The fraction of sp³-hybridized carbons (Fsp3) is 0.231. The molecule has 0 unspecified atom stereocenters. The fourth-order valence-corrected chi connectivity index (χ4v) is 3.41. The zero-order valence-electron chi connectivity index (χ0n) is 10.4. The van der Waals surface area contributed by atoms with Crippen molar-refractivity contribution in [2.24, 2.45) is 7.05 Å². The van der Waals surface area contributed by atoms with Gasteiger partial charge in [-0.15, -0.1) is 0 Å². The van der Waals surface area contributed by atoms with Crippen LogP contribution in [0.15, 0.2) is 21.4 Å². The van der Waals surface area contributed by atoms with Crippen molar-refractivity contribution in [1.29, 1.82) is 0 Å². The van der Waals surface area contributed by atoms with Crippen LogP contribution in [0.25, 0.3) is 11.4 Å². The van der Waals surface area contributed by atoms with Gasteiger partial charge in [-0.2, -0.15) is 11.8 Å². The van der Waals surface area contributed by atoms with Gasteiger partial charge < -0.3 is 0 Å². The summed E-state index contributed by atoms with van der Waals surface area (Å²) in [4.78, 5) is 16.6. The van der Waals surface area contributed by atoms with Crippen LogP contribution < -0.4 is 5.56 Å². The Morgan fingerprint density at radius 1 is 1.30 bits per heavy atom. The molecule has 7 heteroatoms. The molecule has 1 aliphatic rings. The molecule has 0 amide bonds. The number of hydrogen-bond donors (Lipinski definition) is 0. The van der Waals surface area contributed by atoms with Crippen LogP contribution in [0.5, 0.6) is 0 Å². The Kier molecular flexibility index (Phi) is 3.41. The molecule has 0 saturated carbocycles. The van der Waals surface area contributed by atoms with E-state index in [4.69, 9.17) is 0 Å². The van der Waals surface area contributed by atoms with Crippen molar-refractivity contribution in [2.75, 3.05) is 0 Å². The summed E-state index contributed by atoms with van der Waals surface area (Å²) in [6, 6.07) is 2.34. The summed E-state index contributed by atoms with van der Waals surface area (Å²) in [7, 11) is 1.56.